The van der Waals surface area contributed by atoms with Crippen LogP contribution in [0.3, 0.4) is 0 Å². The van der Waals surface area contributed by atoms with Crippen molar-refractivity contribution in [3.63, 3.8) is 0 Å². The van der Waals surface area contributed by atoms with E-state index in [2.05, 4.69) is 16.7 Å². The second-order valence-corrected chi connectivity index (χ2v) is 5.35. The van der Waals surface area contributed by atoms with Crippen molar-refractivity contribution in [1.29, 1.82) is 0 Å². The summed E-state index contributed by atoms with van der Waals surface area (Å²) in [5.41, 5.74) is 3.92. The molecule has 2 aromatic rings. The summed E-state index contributed by atoms with van der Waals surface area (Å²) in [6.45, 7) is 4.25. The van der Waals surface area contributed by atoms with Crippen LogP contribution in [0.5, 0.6) is 11.5 Å². The molecule has 0 atom stereocenters. The van der Waals surface area contributed by atoms with Gasteiger partial charge < -0.3 is 20.1 Å². The number of carbonyl (C=O) groups is 1. The van der Waals surface area contributed by atoms with E-state index in [1.807, 2.05) is 26.0 Å². The van der Waals surface area contributed by atoms with Crippen LogP contribution in [0.4, 0.5) is 11.4 Å². The Labute approximate surface area is 136 Å². The van der Waals surface area contributed by atoms with Crippen molar-refractivity contribution in [3.8, 4) is 11.5 Å². The van der Waals surface area contributed by atoms with Crippen molar-refractivity contribution >= 4 is 17.3 Å². The molecule has 0 aliphatic heterocycles. The van der Waals surface area contributed by atoms with E-state index in [-0.39, 0.29) is 12.5 Å². The molecule has 0 aromatic heterocycles. The highest BCUT2D eigenvalue weighted by Gasteiger charge is 2.07. The summed E-state index contributed by atoms with van der Waals surface area (Å²) < 4.78 is 10.4. The molecule has 5 nitrogen and oxygen atoms in total. The molecular weight excluding hydrogens is 292 g/mol. The number of anilines is 2. The zero-order valence-corrected chi connectivity index (χ0v) is 13.9. The third-order valence-corrected chi connectivity index (χ3v) is 3.34. The van der Waals surface area contributed by atoms with Crippen LogP contribution in [0.1, 0.15) is 11.1 Å². The second-order valence-electron chi connectivity index (χ2n) is 5.35. The zero-order chi connectivity index (χ0) is 16.8. The number of methoxy groups -OCH3 is 2. The van der Waals surface area contributed by atoms with E-state index < -0.39 is 0 Å². The molecule has 2 rings (SSSR count). The van der Waals surface area contributed by atoms with Crippen LogP contribution in [-0.4, -0.2) is 26.7 Å². The average molecular weight is 314 g/mol. The molecule has 5 heteroatoms. The molecule has 2 aromatic carbocycles. The van der Waals surface area contributed by atoms with Crippen LogP contribution >= 0.6 is 0 Å². The smallest absolute Gasteiger partial charge is 0.243 e. The molecule has 0 spiro atoms. The van der Waals surface area contributed by atoms with E-state index in [4.69, 9.17) is 9.47 Å². The van der Waals surface area contributed by atoms with Gasteiger partial charge in [-0.3, -0.25) is 4.79 Å². The molecule has 0 aliphatic carbocycles. The van der Waals surface area contributed by atoms with Gasteiger partial charge in [0.25, 0.3) is 0 Å². The number of hydrogen-bond acceptors (Lipinski definition) is 4. The maximum absolute atomic E-state index is 12.1. The van der Waals surface area contributed by atoms with Crippen LogP contribution < -0.4 is 20.1 Å². The van der Waals surface area contributed by atoms with Crippen molar-refractivity contribution < 1.29 is 14.3 Å². The van der Waals surface area contributed by atoms with Gasteiger partial charge in [-0.05, 0) is 49.2 Å². The predicted molar refractivity (Wildman–Crippen MR) is 92.6 cm³/mol. The Morgan fingerprint density at radius 1 is 0.913 bits per heavy atom. The Kier molecular flexibility index (Phi) is 5.46. The minimum Gasteiger partial charge on any atom is -0.493 e. The summed E-state index contributed by atoms with van der Waals surface area (Å²) in [5.74, 6) is 1.07. The minimum absolute atomic E-state index is 0.128. The van der Waals surface area contributed by atoms with Gasteiger partial charge in [-0.25, -0.2) is 0 Å². The maximum Gasteiger partial charge on any atom is 0.243 e. The quantitative estimate of drug-likeness (QED) is 0.858. The molecule has 0 radical (unpaired) electrons. The normalized spacial score (nSPS) is 10.1. The molecule has 0 saturated heterocycles. The summed E-state index contributed by atoms with van der Waals surface area (Å²) >= 11 is 0. The van der Waals surface area contributed by atoms with E-state index in [9.17, 15) is 4.79 Å². The average Bonchev–Trinajstić information content (AvgIpc) is 2.52. The molecule has 23 heavy (non-hydrogen) atoms. The van der Waals surface area contributed by atoms with Crippen LogP contribution in [-0.2, 0) is 4.79 Å². The van der Waals surface area contributed by atoms with Crippen LogP contribution in [0.2, 0.25) is 0 Å². The molecule has 0 bridgehead atoms. The lowest BCUT2D eigenvalue weighted by Gasteiger charge is -2.12. The number of ether oxygens (including phenoxy) is 2. The van der Waals surface area contributed by atoms with E-state index in [0.29, 0.717) is 17.2 Å². The van der Waals surface area contributed by atoms with Crippen LogP contribution in [0, 0.1) is 13.8 Å². The first-order valence-electron chi connectivity index (χ1n) is 7.36. The van der Waals surface area contributed by atoms with E-state index in [1.54, 1.807) is 32.4 Å². The summed E-state index contributed by atoms with van der Waals surface area (Å²) in [7, 11) is 3.13. The third-order valence-electron chi connectivity index (χ3n) is 3.34. The van der Waals surface area contributed by atoms with Crippen molar-refractivity contribution in [3.05, 3.63) is 47.5 Å². The van der Waals surface area contributed by atoms with Gasteiger partial charge in [-0.1, -0.05) is 6.07 Å². The monoisotopic (exact) mass is 314 g/mol. The van der Waals surface area contributed by atoms with Gasteiger partial charge in [0, 0.05) is 17.4 Å². The Morgan fingerprint density at radius 3 is 2.17 bits per heavy atom. The van der Waals surface area contributed by atoms with E-state index >= 15 is 0 Å². The van der Waals surface area contributed by atoms with Crippen molar-refractivity contribution in [2.45, 2.75) is 13.8 Å². The van der Waals surface area contributed by atoms with Gasteiger partial charge in [0.2, 0.25) is 5.91 Å². The van der Waals surface area contributed by atoms with Gasteiger partial charge in [0.05, 0.1) is 20.8 Å². The molecular formula is C18H22N2O3. The first kappa shape index (κ1) is 16.7. The highest BCUT2D eigenvalue weighted by atomic mass is 16.5. The van der Waals surface area contributed by atoms with Gasteiger partial charge in [-0.2, -0.15) is 0 Å². The number of aryl methyl sites for hydroxylation is 2. The molecule has 0 unspecified atom stereocenters. The Hall–Kier alpha value is -2.69. The lowest BCUT2D eigenvalue weighted by molar-refractivity contribution is -0.114. The molecule has 1 amide bonds. The summed E-state index contributed by atoms with van der Waals surface area (Å²) in [4.78, 5) is 12.1. The molecule has 122 valence electrons. The van der Waals surface area contributed by atoms with E-state index in [0.717, 1.165) is 16.8 Å². The number of hydrogen-bond donors (Lipinski definition) is 2. The Balaban J connectivity index is 1.97. The Bertz CT molecular complexity index is 678. The van der Waals surface area contributed by atoms with Gasteiger partial charge in [0.15, 0.2) is 11.5 Å². The fourth-order valence-corrected chi connectivity index (χ4v) is 2.38. The third kappa shape index (κ3) is 4.64. The largest absolute Gasteiger partial charge is 0.493 e. The lowest BCUT2D eigenvalue weighted by atomic mass is 10.1. The van der Waals surface area contributed by atoms with Crippen LogP contribution in [0.15, 0.2) is 36.4 Å². The number of nitrogens with one attached hydrogen (secondary N) is 2. The lowest BCUT2D eigenvalue weighted by Crippen LogP contribution is -2.21. The minimum atomic E-state index is -0.128. The molecule has 0 heterocycles. The number of amides is 1. The fourth-order valence-electron chi connectivity index (χ4n) is 2.38. The topological polar surface area (TPSA) is 59.6 Å². The highest BCUT2D eigenvalue weighted by molar-refractivity contribution is 5.94. The van der Waals surface area contributed by atoms with Gasteiger partial charge in [-0.15, -0.1) is 0 Å². The number of carbonyl (C=O) groups excluding carboxylic acids is 1. The van der Waals surface area contributed by atoms with Crippen molar-refractivity contribution in [2.24, 2.45) is 0 Å². The number of rotatable bonds is 6. The summed E-state index contributed by atoms with van der Waals surface area (Å²) in [5, 5.41) is 5.96. The summed E-state index contributed by atoms with van der Waals surface area (Å²) in [6.07, 6.45) is 0. The first-order valence-corrected chi connectivity index (χ1v) is 7.36. The first-order chi connectivity index (χ1) is 11.0. The zero-order valence-electron chi connectivity index (χ0n) is 13.9. The number of benzene rings is 2. The van der Waals surface area contributed by atoms with E-state index in [1.165, 1.54) is 0 Å². The highest BCUT2D eigenvalue weighted by Crippen LogP contribution is 2.29. The van der Waals surface area contributed by atoms with Gasteiger partial charge >= 0.3 is 0 Å². The molecule has 2 N–H and O–H groups in total. The standard InChI is InChI=1S/C18H22N2O3/c1-12-7-13(2)9-15(8-12)19-11-18(21)20-14-5-6-16(22-3)17(10-14)23-4/h5-10,19H,11H2,1-4H3,(H,20,21). The Morgan fingerprint density at radius 2 is 1.57 bits per heavy atom. The molecule has 0 saturated carbocycles. The summed E-state index contributed by atoms with van der Waals surface area (Å²) in [6, 6.07) is 11.4. The van der Waals surface area contributed by atoms with Crippen molar-refractivity contribution in [1.82, 2.24) is 0 Å². The fraction of sp³-hybridized carbons (Fsp3) is 0.278. The van der Waals surface area contributed by atoms with Crippen molar-refractivity contribution in [2.75, 3.05) is 31.4 Å². The predicted octanol–water partition coefficient (Wildman–Crippen LogP) is 3.37. The molecule has 0 fully saturated rings. The maximum atomic E-state index is 12.1. The second kappa shape index (κ2) is 7.54. The SMILES string of the molecule is COc1ccc(NC(=O)CNc2cc(C)cc(C)c2)cc1OC. The van der Waals surface area contributed by atoms with Crippen LogP contribution in [0.25, 0.3) is 0 Å². The molecule has 0 aliphatic rings. The van der Waals surface area contributed by atoms with Gasteiger partial charge in [0.1, 0.15) is 0 Å².